The van der Waals surface area contributed by atoms with E-state index in [1.165, 1.54) is 0 Å². The van der Waals surface area contributed by atoms with Gasteiger partial charge in [0.05, 0.1) is 0 Å². The van der Waals surface area contributed by atoms with Gasteiger partial charge in [0.2, 0.25) is 0 Å². The molecule has 1 aromatic rings. The van der Waals surface area contributed by atoms with Gasteiger partial charge >= 0.3 is 6.03 Å². The third-order valence-electron chi connectivity index (χ3n) is 5.25. The summed E-state index contributed by atoms with van der Waals surface area (Å²) in [7, 11) is 0. The number of rotatable bonds is 2. The lowest BCUT2D eigenvalue weighted by Crippen LogP contribution is -2.41. The molecule has 0 unspecified atom stereocenters. The maximum Gasteiger partial charge on any atom is 0.322 e. The lowest BCUT2D eigenvalue weighted by atomic mass is 9.91. The predicted molar refractivity (Wildman–Crippen MR) is 93.9 cm³/mol. The molecule has 2 N–H and O–H groups in total. The van der Waals surface area contributed by atoms with Crippen molar-refractivity contribution in [1.29, 1.82) is 0 Å². The lowest BCUT2D eigenvalue weighted by molar-refractivity contribution is -0.123. The van der Waals surface area contributed by atoms with Crippen LogP contribution in [0.5, 0.6) is 0 Å². The van der Waals surface area contributed by atoms with Gasteiger partial charge in [0, 0.05) is 18.7 Å². The molecule has 2 aliphatic heterocycles. The fourth-order valence-corrected chi connectivity index (χ4v) is 3.80. The van der Waals surface area contributed by atoms with Gasteiger partial charge in [0.1, 0.15) is 5.54 Å². The van der Waals surface area contributed by atoms with Crippen LogP contribution < -0.4 is 10.6 Å². The molecule has 4 amide bonds. The molecule has 0 radical (unpaired) electrons. The Morgan fingerprint density at radius 1 is 1.24 bits per heavy atom. The summed E-state index contributed by atoms with van der Waals surface area (Å²) in [5.41, 5.74) is 0.0147. The van der Waals surface area contributed by atoms with E-state index in [9.17, 15) is 14.4 Å². The van der Waals surface area contributed by atoms with E-state index in [4.69, 9.17) is 0 Å². The Labute approximate surface area is 148 Å². The Balaban J connectivity index is 1.85. The molecule has 0 aromatic heterocycles. The molecule has 2 saturated heterocycles. The molecular formula is C19H25N3O3. The molecule has 3 atom stereocenters. The number of hydrogen-bond acceptors (Lipinski definition) is 3. The number of hydrogen-bond donors (Lipinski definition) is 2. The van der Waals surface area contributed by atoms with Gasteiger partial charge in [-0.1, -0.05) is 26.0 Å². The van der Waals surface area contributed by atoms with Gasteiger partial charge < -0.3 is 10.2 Å². The van der Waals surface area contributed by atoms with Crippen LogP contribution in [0.1, 0.15) is 49.5 Å². The molecule has 25 heavy (non-hydrogen) atoms. The van der Waals surface area contributed by atoms with Crippen LogP contribution in [0.15, 0.2) is 24.3 Å². The van der Waals surface area contributed by atoms with Gasteiger partial charge in [-0.05, 0) is 49.3 Å². The second kappa shape index (κ2) is 6.50. The summed E-state index contributed by atoms with van der Waals surface area (Å²) in [4.78, 5) is 38.5. The first-order chi connectivity index (χ1) is 11.8. The molecular weight excluding hydrogens is 318 g/mol. The maximum atomic E-state index is 13.0. The minimum atomic E-state index is -1.14. The van der Waals surface area contributed by atoms with Crippen LogP contribution >= 0.6 is 0 Å². The fourth-order valence-electron chi connectivity index (χ4n) is 3.80. The van der Waals surface area contributed by atoms with Crippen molar-refractivity contribution in [1.82, 2.24) is 15.5 Å². The second-order valence-electron chi connectivity index (χ2n) is 7.60. The van der Waals surface area contributed by atoms with Gasteiger partial charge in [0.15, 0.2) is 0 Å². The molecule has 0 saturated carbocycles. The minimum Gasteiger partial charge on any atom is -0.338 e. The van der Waals surface area contributed by atoms with E-state index in [0.717, 1.165) is 25.9 Å². The molecule has 0 bridgehead atoms. The molecule has 6 nitrogen and oxygen atoms in total. The molecule has 2 fully saturated rings. The number of amides is 4. The first kappa shape index (κ1) is 17.5. The SMILES string of the molecule is C[C@@H]1CCN(C(=O)c2cccc([C@@]3(C)NC(=O)NC3=O)c2)C[C@H](C)C1. The zero-order valence-electron chi connectivity index (χ0n) is 15.0. The molecule has 2 heterocycles. The van der Waals surface area contributed by atoms with Crippen molar-refractivity contribution in [3.05, 3.63) is 35.4 Å². The van der Waals surface area contributed by atoms with Crippen molar-refractivity contribution >= 4 is 17.8 Å². The zero-order valence-corrected chi connectivity index (χ0v) is 15.0. The van der Waals surface area contributed by atoms with Gasteiger partial charge in [-0.15, -0.1) is 0 Å². The fraction of sp³-hybridized carbons (Fsp3) is 0.526. The molecule has 2 aliphatic rings. The standard InChI is InChI=1S/C19H25N3O3/c1-12-7-8-22(11-13(2)9-12)16(23)14-5-4-6-15(10-14)19(3)17(24)20-18(25)21-19/h4-6,10,12-13H,7-9,11H2,1-3H3,(H2,20,21,24,25)/t12-,13-,19-/m1/s1. The van der Waals surface area contributed by atoms with E-state index in [-0.39, 0.29) is 5.91 Å². The van der Waals surface area contributed by atoms with Crippen molar-refractivity contribution < 1.29 is 14.4 Å². The third-order valence-corrected chi connectivity index (χ3v) is 5.25. The molecule has 1 aromatic carbocycles. The molecule has 0 aliphatic carbocycles. The summed E-state index contributed by atoms with van der Waals surface area (Å²) < 4.78 is 0. The Kier molecular flexibility index (Phi) is 4.54. The van der Waals surface area contributed by atoms with Crippen molar-refractivity contribution in [2.75, 3.05) is 13.1 Å². The van der Waals surface area contributed by atoms with Crippen molar-refractivity contribution in [3.63, 3.8) is 0 Å². The number of imide groups is 1. The van der Waals surface area contributed by atoms with E-state index in [1.807, 2.05) is 4.90 Å². The minimum absolute atomic E-state index is 0.0175. The molecule has 6 heteroatoms. The molecule has 134 valence electrons. The number of nitrogens with one attached hydrogen (secondary N) is 2. The number of nitrogens with zero attached hydrogens (tertiary/aromatic N) is 1. The van der Waals surface area contributed by atoms with E-state index in [2.05, 4.69) is 24.5 Å². The Morgan fingerprint density at radius 3 is 2.68 bits per heavy atom. The third kappa shape index (κ3) is 3.38. The number of carbonyl (C=O) groups is 3. The normalized spacial score (nSPS) is 29.8. The highest BCUT2D eigenvalue weighted by molar-refractivity contribution is 6.07. The number of carbonyl (C=O) groups excluding carboxylic acids is 3. The number of urea groups is 1. The second-order valence-corrected chi connectivity index (χ2v) is 7.60. The monoisotopic (exact) mass is 343 g/mol. The van der Waals surface area contributed by atoms with Crippen LogP contribution in [0.2, 0.25) is 0 Å². The summed E-state index contributed by atoms with van der Waals surface area (Å²) in [5, 5.41) is 4.89. The van der Waals surface area contributed by atoms with E-state index < -0.39 is 17.5 Å². The zero-order chi connectivity index (χ0) is 18.2. The predicted octanol–water partition coefficient (Wildman–Crippen LogP) is 2.25. The van der Waals surface area contributed by atoms with E-state index in [0.29, 0.717) is 23.0 Å². The van der Waals surface area contributed by atoms with Gasteiger partial charge in [-0.3, -0.25) is 14.9 Å². The Morgan fingerprint density at radius 2 is 2.00 bits per heavy atom. The maximum absolute atomic E-state index is 13.0. The first-order valence-electron chi connectivity index (χ1n) is 8.83. The lowest BCUT2D eigenvalue weighted by Gasteiger charge is -2.25. The smallest absolute Gasteiger partial charge is 0.322 e. The average Bonchev–Trinajstić information content (AvgIpc) is 2.72. The van der Waals surface area contributed by atoms with Crippen molar-refractivity contribution in [2.45, 2.75) is 39.2 Å². The first-order valence-corrected chi connectivity index (χ1v) is 8.83. The Hall–Kier alpha value is -2.37. The van der Waals surface area contributed by atoms with Gasteiger partial charge in [0.25, 0.3) is 11.8 Å². The van der Waals surface area contributed by atoms with Crippen LogP contribution in [0.25, 0.3) is 0 Å². The van der Waals surface area contributed by atoms with Crippen LogP contribution in [-0.2, 0) is 10.3 Å². The Bertz CT molecular complexity index is 718. The number of likely N-dealkylation sites (tertiary alicyclic amines) is 1. The van der Waals surface area contributed by atoms with Gasteiger partial charge in [-0.2, -0.15) is 0 Å². The topological polar surface area (TPSA) is 78.5 Å². The largest absolute Gasteiger partial charge is 0.338 e. The average molecular weight is 343 g/mol. The van der Waals surface area contributed by atoms with Crippen LogP contribution in [-0.4, -0.2) is 35.8 Å². The van der Waals surface area contributed by atoms with Crippen LogP contribution in [0, 0.1) is 11.8 Å². The summed E-state index contributed by atoms with van der Waals surface area (Å²) in [6, 6.07) is 6.49. The summed E-state index contributed by atoms with van der Waals surface area (Å²) in [5.74, 6) is 0.674. The van der Waals surface area contributed by atoms with Crippen LogP contribution in [0.3, 0.4) is 0 Å². The quantitative estimate of drug-likeness (QED) is 0.809. The summed E-state index contributed by atoms with van der Waals surface area (Å²) >= 11 is 0. The van der Waals surface area contributed by atoms with Crippen molar-refractivity contribution in [3.8, 4) is 0 Å². The van der Waals surface area contributed by atoms with Crippen molar-refractivity contribution in [2.24, 2.45) is 11.8 Å². The molecule has 3 rings (SSSR count). The highest BCUT2D eigenvalue weighted by Gasteiger charge is 2.43. The molecule has 0 spiro atoms. The summed E-state index contributed by atoms with van der Waals surface area (Å²) in [6.45, 7) is 7.56. The number of benzene rings is 1. The van der Waals surface area contributed by atoms with E-state index in [1.54, 1.807) is 31.2 Å². The van der Waals surface area contributed by atoms with Gasteiger partial charge in [-0.25, -0.2) is 4.79 Å². The highest BCUT2D eigenvalue weighted by atomic mass is 16.2. The van der Waals surface area contributed by atoms with Crippen LogP contribution in [0.4, 0.5) is 4.79 Å². The highest BCUT2D eigenvalue weighted by Crippen LogP contribution is 2.27. The van der Waals surface area contributed by atoms with E-state index >= 15 is 0 Å². The summed E-state index contributed by atoms with van der Waals surface area (Å²) in [6.07, 6.45) is 2.14.